The van der Waals surface area contributed by atoms with E-state index >= 15 is 0 Å². The summed E-state index contributed by atoms with van der Waals surface area (Å²) in [6, 6.07) is 11.2. The molecule has 0 radical (unpaired) electrons. The van der Waals surface area contributed by atoms with E-state index in [1.165, 1.54) is 0 Å². The lowest BCUT2D eigenvalue weighted by atomic mass is 10.1. The van der Waals surface area contributed by atoms with Gasteiger partial charge in [-0.25, -0.2) is 0 Å². The van der Waals surface area contributed by atoms with Gasteiger partial charge in [-0.2, -0.15) is 0 Å². The van der Waals surface area contributed by atoms with Crippen molar-refractivity contribution in [1.29, 1.82) is 0 Å². The smallest absolute Gasteiger partial charge is 0.261 e. The fraction of sp³-hybridized carbons (Fsp3) is 0.440. The van der Waals surface area contributed by atoms with Crippen LogP contribution in [0.5, 0.6) is 5.75 Å². The van der Waals surface area contributed by atoms with Crippen molar-refractivity contribution < 1.29 is 14.3 Å². The van der Waals surface area contributed by atoms with E-state index in [0.717, 1.165) is 51.3 Å². The number of benzene rings is 2. The molecule has 7 heteroatoms. The number of hydrogen-bond donors (Lipinski definition) is 1. The largest absolute Gasteiger partial charge is 0.484 e. The molecule has 0 heterocycles. The zero-order valence-corrected chi connectivity index (χ0v) is 22.0. The number of carbonyl (C=O) groups is 2. The molecule has 0 saturated heterocycles. The van der Waals surface area contributed by atoms with E-state index < -0.39 is 6.04 Å². The molecule has 0 unspecified atom stereocenters. The standard InChI is InChI=1S/C25H30Br2N2O3/c1-16-12-22(13-17(2)24(16)27)32-15-23(30)29(14-19-8-10-20(26)11-9-19)18(3)25(31)28-21-6-4-5-7-21/h8-13,18,21H,4-7,14-15H2,1-3H3,(H,28,31)/t18-/m0/s1. The van der Waals surface area contributed by atoms with E-state index in [2.05, 4.69) is 37.2 Å². The predicted molar refractivity (Wildman–Crippen MR) is 134 cm³/mol. The summed E-state index contributed by atoms with van der Waals surface area (Å²) in [4.78, 5) is 27.7. The third-order valence-corrected chi connectivity index (χ3v) is 7.69. The van der Waals surface area contributed by atoms with Gasteiger partial charge in [0.15, 0.2) is 6.61 Å². The molecule has 1 saturated carbocycles. The average molecular weight is 566 g/mol. The number of amides is 2. The van der Waals surface area contributed by atoms with Gasteiger partial charge < -0.3 is 15.0 Å². The highest BCUT2D eigenvalue weighted by molar-refractivity contribution is 9.10. The van der Waals surface area contributed by atoms with Crippen molar-refractivity contribution in [2.24, 2.45) is 0 Å². The van der Waals surface area contributed by atoms with Crippen molar-refractivity contribution >= 4 is 43.7 Å². The van der Waals surface area contributed by atoms with Crippen LogP contribution in [0.25, 0.3) is 0 Å². The first kappa shape index (κ1) is 24.8. The number of halogens is 2. The zero-order chi connectivity index (χ0) is 23.3. The summed E-state index contributed by atoms with van der Waals surface area (Å²) in [5.74, 6) is 0.307. The number of nitrogens with one attached hydrogen (secondary N) is 1. The molecule has 32 heavy (non-hydrogen) atoms. The second-order valence-electron chi connectivity index (χ2n) is 8.47. The second kappa shape index (κ2) is 11.3. The molecule has 5 nitrogen and oxygen atoms in total. The SMILES string of the molecule is Cc1cc(OCC(=O)N(Cc2ccc(Br)cc2)[C@@H](C)C(=O)NC2CCCC2)cc(C)c1Br. The monoisotopic (exact) mass is 564 g/mol. The highest BCUT2D eigenvalue weighted by Gasteiger charge is 2.28. The molecule has 3 rings (SSSR count). The van der Waals surface area contributed by atoms with Crippen LogP contribution in [0.15, 0.2) is 45.3 Å². The Bertz CT molecular complexity index is 933. The maximum atomic E-state index is 13.2. The van der Waals surface area contributed by atoms with Gasteiger partial charge in [0.2, 0.25) is 5.91 Å². The predicted octanol–water partition coefficient (Wildman–Crippen LogP) is 5.68. The van der Waals surface area contributed by atoms with Crippen LogP contribution in [-0.4, -0.2) is 35.4 Å². The lowest BCUT2D eigenvalue weighted by Gasteiger charge is -2.29. The first-order valence-corrected chi connectivity index (χ1v) is 12.6. The van der Waals surface area contributed by atoms with Gasteiger partial charge in [0.05, 0.1) is 0 Å². The van der Waals surface area contributed by atoms with Crippen LogP contribution < -0.4 is 10.1 Å². The third-order valence-electron chi connectivity index (χ3n) is 5.91. The first-order chi connectivity index (χ1) is 15.2. The zero-order valence-electron chi connectivity index (χ0n) is 18.8. The van der Waals surface area contributed by atoms with Crippen LogP contribution in [0, 0.1) is 13.8 Å². The molecule has 2 aromatic rings. The number of rotatable bonds is 8. The molecule has 0 aliphatic heterocycles. The van der Waals surface area contributed by atoms with Gasteiger partial charge in [-0.15, -0.1) is 0 Å². The third kappa shape index (κ3) is 6.58. The molecule has 1 N–H and O–H groups in total. The number of carbonyl (C=O) groups excluding carboxylic acids is 2. The second-order valence-corrected chi connectivity index (χ2v) is 10.2. The van der Waals surface area contributed by atoms with Gasteiger partial charge in [0.25, 0.3) is 5.91 Å². The van der Waals surface area contributed by atoms with E-state index in [1.54, 1.807) is 11.8 Å². The number of ether oxygens (including phenoxy) is 1. The van der Waals surface area contributed by atoms with Crippen molar-refractivity contribution in [2.45, 2.75) is 65.1 Å². The quantitative estimate of drug-likeness (QED) is 0.448. The molecule has 1 fully saturated rings. The van der Waals surface area contributed by atoms with E-state index in [9.17, 15) is 9.59 Å². The summed E-state index contributed by atoms with van der Waals surface area (Å²) < 4.78 is 7.83. The molecule has 1 aliphatic rings. The van der Waals surface area contributed by atoms with Gasteiger partial charge in [-0.1, -0.05) is 56.8 Å². The van der Waals surface area contributed by atoms with Crippen LogP contribution in [0.1, 0.15) is 49.3 Å². The lowest BCUT2D eigenvalue weighted by Crippen LogP contribution is -2.50. The van der Waals surface area contributed by atoms with Gasteiger partial charge >= 0.3 is 0 Å². The Hall–Kier alpha value is -1.86. The van der Waals surface area contributed by atoms with Crippen molar-refractivity contribution in [1.82, 2.24) is 10.2 Å². The minimum absolute atomic E-state index is 0.113. The van der Waals surface area contributed by atoms with Crippen molar-refractivity contribution in [3.63, 3.8) is 0 Å². The topological polar surface area (TPSA) is 58.6 Å². The van der Waals surface area contributed by atoms with Crippen LogP contribution >= 0.6 is 31.9 Å². The Morgan fingerprint density at radius 3 is 2.28 bits per heavy atom. The fourth-order valence-corrected chi connectivity index (χ4v) is 4.47. The summed E-state index contributed by atoms with van der Waals surface area (Å²) in [7, 11) is 0. The van der Waals surface area contributed by atoms with Crippen LogP contribution in [-0.2, 0) is 16.1 Å². The van der Waals surface area contributed by atoms with Crippen molar-refractivity contribution in [2.75, 3.05) is 6.61 Å². The van der Waals surface area contributed by atoms with Gasteiger partial charge in [-0.3, -0.25) is 9.59 Å². The molecule has 0 spiro atoms. The number of nitrogens with zero attached hydrogens (tertiary/aromatic N) is 1. The van der Waals surface area contributed by atoms with E-state index in [4.69, 9.17) is 4.74 Å². The maximum Gasteiger partial charge on any atom is 0.261 e. The normalized spacial score (nSPS) is 14.8. The van der Waals surface area contributed by atoms with Gasteiger partial charge in [0.1, 0.15) is 11.8 Å². The van der Waals surface area contributed by atoms with E-state index in [0.29, 0.717) is 12.3 Å². The van der Waals surface area contributed by atoms with Crippen molar-refractivity contribution in [3.05, 3.63) is 62.0 Å². The fourth-order valence-electron chi connectivity index (χ4n) is 3.98. The molecule has 2 amide bonds. The Morgan fingerprint density at radius 2 is 1.69 bits per heavy atom. The number of hydrogen-bond acceptors (Lipinski definition) is 3. The van der Waals surface area contributed by atoms with E-state index in [-0.39, 0.29) is 24.5 Å². The summed E-state index contributed by atoms with van der Waals surface area (Å²) >= 11 is 6.99. The molecule has 1 aliphatic carbocycles. The van der Waals surface area contributed by atoms with Gasteiger partial charge in [-0.05, 0) is 74.6 Å². The molecular weight excluding hydrogens is 536 g/mol. The summed E-state index contributed by atoms with van der Waals surface area (Å²) in [6.07, 6.45) is 4.29. The van der Waals surface area contributed by atoms with Crippen LogP contribution in [0.4, 0.5) is 0 Å². The van der Waals surface area contributed by atoms with Crippen LogP contribution in [0.2, 0.25) is 0 Å². The van der Waals surface area contributed by atoms with Crippen molar-refractivity contribution in [3.8, 4) is 5.75 Å². The summed E-state index contributed by atoms with van der Waals surface area (Å²) in [6.45, 7) is 5.97. The average Bonchev–Trinajstić information content (AvgIpc) is 3.27. The highest BCUT2D eigenvalue weighted by atomic mass is 79.9. The molecule has 1 atom stereocenters. The molecule has 0 bridgehead atoms. The Morgan fingerprint density at radius 1 is 1.09 bits per heavy atom. The first-order valence-electron chi connectivity index (χ1n) is 11.0. The summed E-state index contributed by atoms with van der Waals surface area (Å²) in [5, 5.41) is 3.12. The van der Waals surface area contributed by atoms with Gasteiger partial charge in [0, 0.05) is 21.5 Å². The molecule has 172 valence electrons. The Kier molecular flexibility index (Phi) is 8.77. The molecule has 0 aromatic heterocycles. The Balaban J connectivity index is 1.73. The lowest BCUT2D eigenvalue weighted by molar-refractivity contribution is -0.142. The number of aryl methyl sites for hydroxylation is 2. The maximum absolute atomic E-state index is 13.2. The highest BCUT2D eigenvalue weighted by Crippen LogP contribution is 2.26. The minimum atomic E-state index is -0.594. The summed E-state index contributed by atoms with van der Waals surface area (Å²) in [5.41, 5.74) is 3.05. The Labute approximate surface area is 207 Å². The minimum Gasteiger partial charge on any atom is -0.484 e. The molecule has 2 aromatic carbocycles. The molecular formula is C25H30Br2N2O3. The van der Waals surface area contributed by atoms with E-state index in [1.807, 2.05) is 50.2 Å². The van der Waals surface area contributed by atoms with Crippen LogP contribution in [0.3, 0.4) is 0 Å².